The molecule has 0 aromatic carbocycles. The summed E-state index contributed by atoms with van der Waals surface area (Å²) in [6.45, 7) is 2.29. The molecule has 11 heavy (non-hydrogen) atoms. The molecule has 64 valence electrons. The number of nitrogens with one attached hydrogen (secondary N) is 1. The normalized spacial score (nSPS) is 26.0. The molecule has 0 radical (unpaired) electrons. The van der Waals surface area contributed by atoms with E-state index in [1.54, 1.807) is 0 Å². The van der Waals surface area contributed by atoms with Gasteiger partial charge in [-0.15, -0.1) is 0 Å². The van der Waals surface area contributed by atoms with E-state index >= 15 is 0 Å². The summed E-state index contributed by atoms with van der Waals surface area (Å²) in [5.74, 6) is -0.270. The maximum atomic E-state index is 10.5. The largest absolute Gasteiger partial charge is 0.380 e. The monoisotopic (exact) mass is 158 g/mol. The number of carbonyl (C=O) groups is 1. The first-order valence-electron chi connectivity index (χ1n) is 3.88. The molecule has 1 atom stereocenters. The van der Waals surface area contributed by atoms with E-state index in [2.05, 4.69) is 5.32 Å². The Morgan fingerprint density at radius 3 is 3.27 bits per heavy atom. The van der Waals surface area contributed by atoms with Gasteiger partial charge in [0.2, 0.25) is 5.91 Å². The Hall–Kier alpha value is -0.610. The van der Waals surface area contributed by atoms with Crippen molar-refractivity contribution >= 4 is 5.91 Å². The molecule has 0 spiro atoms. The number of amides is 1. The van der Waals surface area contributed by atoms with E-state index in [1.807, 2.05) is 0 Å². The molecule has 4 heteroatoms. The third-order valence-corrected chi connectivity index (χ3v) is 1.67. The van der Waals surface area contributed by atoms with Gasteiger partial charge in [0.15, 0.2) is 0 Å². The molecule has 3 N–H and O–H groups in total. The summed E-state index contributed by atoms with van der Waals surface area (Å²) in [5, 5.41) is 3.19. The summed E-state index contributed by atoms with van der Waals surface area (Å²) in [6.07, 6.45) is 1.38. The lowest BCUT2D eigenvalue weighted by molar-refractivity contribution is -0.118. The maximum Gasteiger partial charge on any atom is 0.219 e. The maximum absolute atomic E-state index is 10.5. The van der Waals surface area contributed by atoms with Crippen LogP contribution in [0, 0.1) is 0 Å². The Kier molecular flexibility index (Phi) is 3.32. The van der Waals surface area contributed by atoms with Crippen molar-refractivity contribution < 1.29 is 9.53 Å². The second-order valence-corrected chi connectivity index (χ2v) is 2.75. The van der Waals surface area contributed by atoms with Crippen LogP contribution in [0.3, 0.4) is 0 Å². The highest BCUT2D eigenvalue weighted by atomic mass is 16.5. The van der Waals surface area contributed by atoms with Crippen LogP contribution in [0.25, 0.3) is 0 Å². The summed E-state index contributed by atoms with van der Waals surface area (Å²) < 4.78 is 5.24. The van der Waals surface area contributed by atoms with Crippen molar-refractivity contribution in [3.63, 3.8) is 0 Å². The third-order valence-electron chi connectivity index (χ3n) is 1.67. The predicted octanol–water partition coefficient (Wildman–Crippen LogP) is -0.760. The van der Waals surface area contributed by atoms with Gasteiger partial charge in [-0.05, 0) is 13.0 Å². The van der Waals surface area contributed by atoms with E-state index in [-0.39, 0.29) is 11.9 Å². The van der Waals surface area contributed by atoms with E-state index in [0.717, 1.165) is 19.6 Å². The van der Waals surface area contributed by atoms with Crippen molar-refractivity contribution in [2.45, 2.75) is 18.9 Å². The fourth-order valence-corrected chi connectivity index (χ4v) is 1.14. The van der Waals surface area contributed by atoms with Gasteiger partial charge < -0.3 is 15.8 Å². The Balaban J connectivity index is 2.25. The first-order valence-corrected chi connectivity index (χ1v) is 3.88. The lowest BCUT2D eigenvalue weighted by Crippen LogP contribution is -2.35. The summed E-state index contributed by atoms with van der Waals surface area (Å²) in [5.41, 5.74) is 5.04. The molecular weight excluding hydrogens is 144 g/mol. The third kappa shape index (κ3) is 3.34. The van der Waals surface area contributed by atoms with Crippen LogP contribution in [0.1, 0.15) is 12.8 Å². The summed E-state index contributed by atoms with van der Waals surface area (Å²) in [7, 11) is 0. The lowest BCUT2D eigenvalue weighted by atomic mass is 10.2. The number of primary amides is 1. The van der Waals surface area contributed by atoms with Gasteiger partial charge in [-0.25, -0.2) is 0 Å². The van der Waals surface area contributed by atoms with Crippen LogP contribution >= 0.6 is 0 Å². The number of ether oxygens (including phenoxy) is 1. The molecule has 1 saturated heterocycles. The minimum absolute atomic E-state index is 0.120. The fourth-order valence-electron chi connectivity index (χ4n) is 1.14. The molecule has 4 nitrogen and oxygen atoms in total. The van der Waals surface area contributed by atoms with Crippen LogP contribution in [0.5, 0.6) is 0 Å². The van der Waals surface area contributed by atoms with E-state index < -0.39 is 0 Å². The van der Waals surface area contributed by atoms with Gasteiger partial charge in [-0.1, -0.05) is 0 Å². The average Bonchev–Trinajstić information content (AvgIpc) is 2.14. The van der Waals surface area contributed by atoms with Crippen LogP contribution in [0.2, 0.25) is 0 Å². The minimum Gasteiger partial charge on any atom is -0.380 e. The van der Waals surface area contributed by atoms with E-state index in [9.17, 15) is 4.79 Å². The molecule has 0 saturated carbocycles. The van der Waals surface area contributed by atoms with Gasteiger partial charge in [-0.3, -0.25) is 4.79 Å². The topological polar surface area (TPSA) is 64.4 Å². The average molecular weight is 158 g/mol. The van der Waals surface area contributed by atoms with Crippen molar-refractivity contribution in [2.24, 2.45) is 5.73 Å². The molecule has 1 heterocycles. The van der Waals surface area contributed by atoms with Crippen molar-refractivity contribution in [1.29, 1.82) is 0 Å². The molecule has 0 bridgehead atoms. The van der Waals surface area contributed by atoms with Crippen molar-refractivity contribution in [2.75, 3.05) is 19.8 Å². The van der Waals surface area contributed by atoms with E-state index in [1.165, 1.54) is 0 Å². The Labute approximate surface area is 66.1 Å². The molecule has 1 aliphatic rings. The Morgan fingerprint density at radius 2 is 2.55 bits per heavy atom. The van der Waals surface area contributed by atoms with Gasteiger partial charge in [0.25, 0.3) is 0 Å². The molecule has 0 aromatic heterocycles. The second kappa shape index (κ2) is 4.31. The zero-order valence-electron chi connectivity index (χ0n) is 6.51. The van der Waals surface area contributed by atoms with Gasteiger partial charge in [-0.2, -0.15) is 0 Å². The van der Waals surface area contributed by atoms with E-state index in [4.69, 9.17) is 10.5 Å². The zero-order chi connectivity index (χ0) is 8.10. The van der Waals surface area contributed by atoms with Gasteiger partial charge in [0, 0.05) is 19.1 Å². The van der Waals surface area contributed by atoms with Crippen LogP contribution in [-0.4, -0.2) is 31.7 Å². The number of hydrogen-bond acceptors (Lipinski definition) is 3. The van der Waals surface area contributed by atoms with Crippen LogP contribution in [-0.2, 0) is 9.53 Å². The predicted molar refractivity (Wildman–Crippen MR) is 41.0 cm³/mol. The number of nitrogens with two attached hydrogens (primary N) is 1. The second-order valence-electron chi connectivity index (χ2n) is 2.75. The molecule has 0 aliphatic carbocycles. The number of rotatable bonds is 2. The summed E-state index contributed by atoms with van der Waals surface area (Å²) in [6, 6.07) is 0.120. The molecular formula is C7H14N2O2. The fraction of sp³-hybridized carbons (Fsp3) is 0.857. The van der Waals surface area contributed by atoms with Crippen molar-refractivity contribution in [1.82, 2.24) is 5.32 Å². The summed E-state index contributed by atoms with van der Waals surface area (Å²) >= 11 is 0. The summed E-state index contributed by atoms with van der Waals surface area (Å²) in [4.78, 5) is 10.5. The first-order chi connectivity index (χ1) is 5.29. The molecule has 1 rings (SSSR count). The van der Waals surface area contributed by atoms with E-state index in [0.29, 0.717) is 13.0 Å². The van der Waals surface area contributed by atoms with Crippen LogP contribution in [0.4, 0.5) is 0 Å². The molecule has 1 fully saturated rings. The standard InChI is InChI=1S/C7H14N2O2/c8-7(10)4-6-5-11-3-1-2-9-6/h6,9H,1-5H2,(H2,8,10). The zero-order valence-corrected chi connectivity index (χ0v) is 6.51. The minimum atomic E-state index is -0.270. The van der Waals surface area contributed by atoms with Gasteiger partial charge in [0.1, 0.15) is 0 Å². The molecule has 0 aromatic rings. The first kappa shape index (κ1) is 8.49. The van der Waals surface area contributed by atoms with Crippen molar-refractivity contribution in [3.05, 3.63) is 0 Å². The molecule has 1 amide bonds. The Morgan fingerprint density at radius 1 is 1.73 bits per heavy atom. The highest BCUT2D eigenvalue weighted by Gasteiger charge is 2.13. The number of hydrogen-bond donors (Lipinski definition) is 2. The van der Waals surface area contributed by atoms with Crippen LogP contribution < -0.4 is 11.1 Å². The molecule has 1 aliphatic heterocycles. The van der Waals surface area contributed by atoms with Gasteiger partial charge >= 0.3 is 0 Å². The number of carbonyl (C=O) groups excluding carboxylic acids is 1. The highest BCUT2D eigenvalue weighted by Crippen LogP contribution is 1.97. The smallest absolute Gasteiger partial charge is 0.219 e. The Bertz CT molecular complexity index is 130. The van der Waals surface area contributed by atoms with Crippen molar-refractivity contribution in [3.8, 4) is 0 Å². The lowest BCUT2D eigenvalue weighted by Gasteiger charge is -2.11. The van der Waals surface area contributed by atoms with Gasteiger partial charge in [0.05, 0.1) is 6.61 Å². The quantitative estimate of drug-likeness (QED) is 0.555. The van der Waals surface area contributed by atoms with Crippen LogP contribution in [0.15, 0.2) is 0 Å². The highest BCUT2D eigenvalue weighted by molar-refractivity contribution is 5.74. The SMILES string of the molecule is NC(=O)CC1COCCCN1. The molecule has 1 unspecified atom stereocenters.